The summed E-state index contributed by atoms with van der Waals surface area (Å²) in [5.41, 5.74) is -4.46. The molecule has 6 nitrogen and oxygen atoms in total. The first kappa shape index (κ1) is 33.2. The lowest BCUT2D eigenvalue weighted by atomic mass is 9.45. The Labute approximate surface area is 280 Å². The zero-order valence-corrected chi connectivity index (χ0v) is 27.8. The molecule has 0 saturated heterocycles. The van der Waals surface area contributed by atoms with Crippen LogP contribution in [0.15, 0.2) is 71.2 Å². The van der Waals surface area contributed by atoms with Crippen molar-refractivity contribution in [1.29, 1.82) is 0 Å². The average Bonchev–Trinajstić information content (AvgIpc) is 3.31. The minimum atomic E-state index is -2.10. The van der Waals surface area contributed by atoms with Crippen LogP contribution in [-0.4, -0.2) is 50.5 Å². The van der Waals surface area contributed by atoms with Crippen molar-refractivity contribution in [3.8, 4) is 5.75 Å². The molecule has 6 rings (SSSR count). The van der Waals surface area contributed by atoms with Gasteiger partial charge in [0.15, 0.2) is 17.1 Å². The van der Waals surface area contributed by atoms with Crippen LogP contribution in [0.2, 0.25) is 5.02 Å². The van der Waals surface area contributed by atoms with Gasteiger partial charge in [-0.3, -0.25) is 9.59 Å². The number of allylic oxidation sites excluding steroid dienone is 4. The van der Waals surface area contributed by atoms with E-state index in [1.54, 1.807) is 56.3 Å². The molecule has 3 saturated carbocycles. The molecule has 7 atom stereocenters. The highest BCUT2D eigenvalue weighted by Gasteiger charge is 2.75. The van der Waals surface area contributed by atoms with E-state index in [1.165, 1.54) is 30.0 Å². The fourth-order valence-electron chi connectivity index (χ4n) is 8.61. The third-order valence-corrected chi connectivity index (χ3v) is 13.1. The Balaban J connectivity index is 1.26. The molecule has 3 fully saturated rings. The van der Waals surface area contributed by atoms with Gasteiger partial charge in [-0.2, -0.15) is 0 Å². The number of rotatable bonds is 7. The number of thioether (sulfide) groups is 2. The number of benzene rings is 2. The number of aliphatic hydroxyl groups excluding tert-OH is 1. The number of alkyl halides is 2. The van der Waals surface area contributed by atoms with Crippen LogP contribution in [0.3, 0.4) is 0 Å². The van der Waals surface area contributed by atoms with E-state index in [1.807, 2.05) is 0 Å². The number of phenols is 1. The molecule has 46 heavy (non-hydrogen) atoms. The summed E-state index contributed by atoms with van der Waals surface area (Å²) < 4.78 is 37.3. The molecule has 0 bridgehead atoms. The van der Waals surface area contributed by atoms with Crippen molar-refractivity contribution in [2.24, 2.45) is 22.7 Å². The Morgan fingerprint density at radius 1 is 1.11 bits per heavy atom. The minimum absolute atomic E-state index is 0.00243. The summed E-state index contributed by atoms with van der Waals surface area (Å²) in [6, 6.07) is 10.7. The van der Waals surface area contributed by atoms with Crippen molar-refractivity contribution in [2.75, 3.05) is 6.01 Å². The second-order valence-electron chi connectivity index (χ2n) is 13.2. The van der Waals surface area contributed by atoms with Crippen LogP contribution in [0.1, 0.15) is 61.9 Å². The third kappa shape index (κ3) is 5.06. The number of esters is 1. The van der Waals surface area contributed by atoms with Crippen molar-refractivity contribution in [2.45, 2.75) is 74.0 Å². The van der Waals surface area contributed by atoms with Crippen LogP contribution < -0.4 is 0 Å². The van der Waals surface area contributed by atoms with Crippen molar-refractivity contribution in [3.05, 3.63) is 82.4 Å². The molecule has 4 aliphatic rings. The standard InChI is InChI=1S/C35H35ClF2O6S2/c1-32-13-11-23(39)15-22(32)7-9-26-25-12-14-34(31(43)46-19-37,33(25,2)17-29(41)35(26,32)38)44-30(42)21-5-3-20(4-6-21)18-45-24-8-10-28(40)27(36)16-24/h3-6,8,10-11,13,15-16,25-26,29,40-41H,7,9,12,14,17-19H2,1-2H3/t25-,26-,29-,32-,33-,34-,35-/m0/s1. The van der Waals surface area contributed by atoms with E-state index in [2.05, 4.69) is 0 Å². The molecule has 11 heteroatoms. The SMILES string of the molecule is C[C@]12C=CC(=O)C=C1CC[C@H]1[C@@H]3CC[C@](OC(=O)c4ccc(CSc5ccc(O)c(Cl)c5)cc4)(C(=O)SCF)[C@@]3(C)C[C@H](O)[C@@]12F. The molecule has 2 N–H and O–H groups in total. The third-order valence-electron chi connectivity index (χ3n) is 11.1. The molecule has 4 aliphatic carbocycles. The van der Waals surface area contributed by atoms with Crippen molar-refractivity contribution >= 4 is 52.0 Å². The van der Waals surface area contributed by atoms with Gasteiger partial charge >= 0.3 is 5.97 Å². The number of ether oxygens (including phenoxy) is 1. The highest BCUT2D eigenvalue weighted by Crippen LogP contribution is 2.70. The van der Waals surface area contributed by atoms with Crippen LogP contribution in [0.5, 0.6) is 5.75 Å². The Morgan fingerprint density at radius 2 is 1.85 bits per heavy atom. The lowest BCUT2D eigenvalue weighted by Crippen LogP contribution is -2.69. The lowest BCUT2D eigenvalue weighted by Gasteiger charge is -2.62. The number of hydrogen-bond donors (Lipinski definition) is 2. The van der Waals surface area contributed by atoms with E-state index in [0.717, 1.165) is 10.5 Å². The Morgan fingerprint density at radius 3 is 2.54 bits per heavy atom. The summed E-state index contributed by atoms with van der Waals surface area (Å²) in [7, 11) is 0. The summed E-state index contributed by atoms with van der Waals surface area (Å²) in [5, 5.41) is 20.9. The highest BCUT2D eigenvalue weighted by molar-refractivity contribution is 8.13. The molecule has 0 aliphatic heterocycles. The average molecular weight is 689 g/mol. The van der Waals surface area contributed by atoms with Gasteiger partial charge in [-0.15, -0.1) is 11.8 Å². The number of aliphatic hydroxyl groups is 1. The van der Waals surface area contributed by atoms with Crippen LogP contribution in [0.4, 0.5) is 8.78 Å². The minimum Gasteiger partial charge on any atom is -0.506 e. The summed E-state index contributed by atoms with van der Waals surface area (Å²) in [6.07, 6.45) is 3.97. The zero-order chi connectivity index (χ0) is 33.1. The molecular formula is C35H35ClF2O6S2. The van der Waals surface area contributed by atoms with Gasteiger partial charge in [0.25, 0.3) is 0 Å². The van der Waals surface area contributed by atoms with Gasteiger partial charge in [-0.05, 0) is 105 Å². The molecule has 0 amide bonds. The van der Waals surface area contributed by atoms with Crippen molar-refractivity contribution in [3.63, 3.8) is 0 Å². The maximum atomic E-state index is 17.5. The van der Waals surface area contributed by atoms with Gasteiger partial charge in [-0.1, -0.05) is 42.3 Å². The van der Waals surface area contributed by atoms with E-state index in [0.29, 0.717) is 42.4 Å². The topological polar surface area (TPSA) is 101 Å². The molecule has 0 radical (unpaired) electrons. The summed E-state index contributed by atoms with van der Waals surface area (Å²) in [4.78, 5) is 40.4. The quantitative estimate of drug-likeness (QED) is 0.225. The largest absolute Gasteiger partial charge is 0.506 e. The van der Waals surface area contributed by atoms with E-state index in [4.69, 9.17) is 16.3 Å². The Bertz CT molecular complexity index is 1650. The molecule has 2 aromatic rings. The predicted molar refractivity (Wildman–Crippen MR) is 174 cm³/mol. The molecule has 0 spiro atoms. The summed E-state index contributed by atoms with van der Waals surface area (Å²) in [5.74, 6) is -1.50. The number of halogens is 3. The van der Waals surface area contributed by atoms with E-state index >= 15 is 4.39 Å². The fraction of sp³-hybridized carbons (Fsp3) is 0.457. The predicted octanol–water partition coefficient (Wildman–Crippen LogP) is 7.79. The van der Waals surface area contributed by atoms with Crippen molar-refractivity contribution in [1.82, 2.24) is 0 Å². The second kappa shape index (κ2) is 12.1. The van der Waals surface area contributed by atoms with Gasteiger partial charge in [-0.25, -0.2) is 13.6 Å². The van der Waals surface area contributed by atoms with E-state index in [9.17, 15) is 29.0 Å². The number of fused-ring (bicyclic) bond motifs is 5. The smallest absolute Gasteiger partial charge is 0.339 e. The Hall–Kier alpha value is -2.66. The summed E-state index contributed by atoms with van der Waals surface area (Å²) >= 11 is 7.93. The number of ketones is 1. The molecule has 244 valence electrons. The molecule has 0 aromatic heterocycles. The number of carbonyl (C=O) groups is 3. The molecule has 0 heterocycles. The van der Waals surface area contributed by atoms with Crippen LogP contribution >= 0.6 is 35.1 Å². The van der Waals surface area contributed by atoms with Crippen molar-refractivity contribution < 1.29 is 38.1 Å². The molecule has 2 aromatic carbocycles. The first-order valence-electron chi connectivity index (χ1n) is 15.3. The Kier molecular flexibility index (Phi) is 8.74. The maximum absolute atomic E-state index is 17.5. The van der Waals surface area contributed by atoms with Crippen LogP contribution in [0, 0.1) is 22.7 Å². The number of aromatic hydroxyl groups is 1. The monoisotopic (exact) mass is 688 g/mol. The number of hydrogen-bond acceptors (Lipinski definition) is 8. The highest BCUT2D eigenvalue weighted by atomic mass is 35.5. The zero-order valence-electron chi connectivity index (χ0n) is 25.4. The summed E-state index contributed by atoms with van der Waals surface area (Å²) in [6.45, 7) is 3.48. The number of phenolic OH excluding ortho intramolecular Hbond substituents is 1. The van der Waals surface area contributed by atoms with Gasteiger partial charge in [0.05, 0.1) is 16.7 Å². The fourth-order valence-corrected chi connectivity index (χ4v) is 10.5. The molecule has 0 unspecified atom stereocenters. The van der Waals surface area contributed by atoms with Gasteiger partial charge in [0.1, 0.15) is 11.8 Å². The van der Waals surface area contributed by atoms with Crippen LogP contribution in [0.25, 0.3) is 0 Å². The number of carbonyl (C=O) groups excluding carboxylic acids is 3. The van der Waals surface area contributed by atoms with Crippen LogP contribution in [-0.2, 0) is 20.1 Å². The first-order chi connectivity index (χ1) is 21.8. The lowest BCUT2D eigenvalue weighted by molar-refractivity contribution is -0.214. The maximum Gasteiger partial charge on any atom is 0.339 e. The van der Waals surface area contributed by atoms with E-state index < -0.39 is 57.1 Å². The molecular weight excluding hydrogens is 654 g/mol. The normalized spacial score (nSPS) is 34.7. The second-order valence-corrected chi connectivity index (χ2v) is 15.5. The first-order valence-corrected chi connectivity index (χ1v) is 17.6. The van der Waals surface area contributed by atoms with Gasteiger partial charge < -0.3 is 14.9 Å². The van der Waals surface area contributed by atoms with Gasteiger partial charge in [0, 0.05) is 27.4 Å². The van der Waals surface area contributed by atoms with Gasteiger partial charge in [0.2, 0.25) is 5.12 Å². The van der Waals surface area contributed by atoms with E-state index in [-0.39, 0.29) is 35.0 Å².